The Labute approximate surface area is 426 Å². The van der Waals surface area contributed by atoms with Gasteiger partial charge in [0, 0.05) is 19.3 Å². The summed E-state index contributed by atoms with van der Waals surface area (Å²) in [6.45, 7) is 6.36. The molecule has 6 nitrogen and oxygen atoms in total. The summed E-state index contributed by atoms with van der Waals surface area (Å²) in [7, 11) is 0. The summed E-state index contributed by atoms with van der Waals surface area (Å²) in [5.74, 6) is -0.944. The average molecular weight is 960 g/mol. The fraction of sp³-hybridized carbons (Fsp3) is 0.698. The van der Waals surface area contributed by atoms with E-state index in [1.54, 1.807) is 0 Å². The van der Waals surface area contributed by atoms with E-state index in [-0.39, 0.29) is 31.1 Å². The van der Waals surface area contributed by atoms with Crippen LogP contribution in [0.3, 0.4) is 0 Å². The number of allylic oxidation sites excluding steroid dienone is 16. The molecule has 0 heterocycles. The van der Waals surface area contributed by atoms with Crippen molar-refractivity contribution in [2.75, 3.05) is 13.2 Å². The number of esters is 3. The molecule has 0 aromatic rings. The highest BCUT2D eigenvalue weighted by Crippen LogP contribution is 2.16. The Morgan fingerprint density at radius 3 is 1.07 bits per heavy atom. The molecule has 0 amide bonds. The number of carbonyl (C=O) groups excluding carboxylic acids is 3. The molecule has 0 spiro atoms. The third-order valence-corrected chi connectivity index (χ3v) is 12.2. The van der Waals surface area contributed by atoms with Crippen molar-refractivity contribution in [3.63, 3.8) is 0 Å². The van der Waals surface area contributed by atoms with Crippen LogP contribution in [0.4, 0.5) is 0 Å². The molecule has 6 heteroatoms. The van der Waals surface area contributed by atoms with E-state index in [1.165, 1.54) is 116 Å². The van der Waals surface area contributed by atoms with Gasteiger partial charge in [-0.15, -0.1) is 0 Å². The summed E-state index contributed by atoms with van der Waals surface area (Å²) in [6, 6.07) is 0. The Balaban J connectivity index is 4.41. The molecule has 0 aromatic heterocycles. The van der Waals surface area contributed by atoms with Crippen molar-refractivity contribution in [2.45, 2.75) is 271 Å². The van der Waals surface area contributed by atoms with E-state index in [1.807, 2.05) is 30.4 Å². The Hall–Kier alpha value is -3.67. The van der Waals surface area contributed by atoms with Crippen LogP contribution in [-0.4, -0.2) is 37.2 Å². The minimum absolute atomic E-state index is 0.0969. The lowest BCUT2D eigenvalue weighted by atomic mass is 10.0. The lowest BCUT2D eigenvalue weighted by Gasteiger charge is -2.18. The van der Waals surface area contributed by atoms with E-state index in [9.17, 15) is 14.4 Å². The van der Waals surface area contributed by atoms with Crippen LogP contribution >= 0.6 is 0 Å². The van der Waals surface area contributed by atoms with Crippen LogP contribution in [0, 0.1) is 0 Å². The van der Waals surface area contributed by atoms with Crippen molar-refractivity contribution in [3.05, 3.63) is 97.2 Å². The van der Waals surface area contributed by atoms with Gasteiger partial charge < -0.3 is 14.2 Å². The lowest BCUT2D eigenvalue weighted by molar-refractivity contribution is -0.167. The Morgan fingerprint density at radius 2 is 0.638 bits per heavy atom. The zero-order chi connectivity index (χ0) is 50.0. The van der Waals surface area contributed by atoms with Crippen molar-refractivity contribution in [1.82, 2.24) is 0 Å². The zero-order valence-corrected chi connectivity index (χ0v) is 45.0. The number of rotatable bonds is 51. The predicted molar refractivity (Wildman–Crippen MR) is 297 cm³/mol. The largest absolute Gasteiger partial charge is 0.462 e. The van der Waals surface area contributed by atoms with E-state index < -0.39 is 6.10 Å². The standard InChI is InChI=1S/C63H106O6/c1-4-7-10-13-16-19-22-25-27-29-31-33-35-38-41-44-47-50-53-56-62(65)68-59-60(58-67-61(64)55-52-49-46-43-40-37-24-21-18-15-12-9-6-3)69-63(66)57-54-51-48-45-42-39-36-34-32-30-28-26-23-20-17-14-11-8-5-2/h7,9-10,12,15-16,18-19,21,24-25,27,31,33,37,40,60H,4-6,8,11,13-14,17,20,22-23,26,28-30,32,34-36,38-39,41-59H2,1-3H3/b10-7-,12-9-,18-15-,19-16-,24-21-,27-25-,33-31-,40-37-. The second kappa shape index (κ2) is 56.9. The summed E-state index contributed by atoms with van der Waals surface area (Å²) in [5, 5.41) is 0. The van der Waals surface area contributed by atoms with Crippen LogP contribution in [0.25, 0.3) is 0 Å². The topological polar surface area (TPSA) is 78.9 Å². The number of ether oxygens (including phenoxy) is 3. The van der Waals surface area contributed by atoms with Crippen LogP contribution in [0.15, 0.2) is 97.2 Å². The first-order valence-corrected chi connectivity index (χ1v) is 28.8. The first kappa shape index (κ1) is 65.3. The smallest absolute Gasteiger partial charge is 0.306 e. The Morgan fingerprint density at radius 1 is 0.319 bits per heavy atom. The molecule has 0 bridgehead atoms. The molecular formula is C63H106O6. The van der Waals surface area contributed by atoms with Crippen LogP contribution < -0.4 is 0 Å². The lowest BCUT2D eigenvalue weighted by Crippen LogP contribution is -2.30. The fourth-order valence-corrected chi connectivity index (χ4v) is 7.92. The molecule has 0 rings (SSSR count). The van der Waals surface area contributed by atoms with Crippen molar-refractivity contribution in [2.24, 2.45) is 0 Å². The number of hydrogen-bond acceptors (Lipinski definition) is 6. The van der Waals surface area contributed by atoms with Crippen LogP contribution in [0.1, 0.15) is 265 Å². The highest BCUT2D eigenvalue weighted by Gasteiger charge is 2.19. The highest BCUT2D eigenvalue weighted by atomic mass is 16.6. The van der Waals surface area contributed by atoms with E-state index in [4.69, 9.17) is 14.2 Å². The normalized spacial score (nSPS) is 12.8. The van der Waals surface area contributed by atoms with Gasteiger partial charge in [-0.1, -0.05) is 266 Å². The van der Waals surface area contributed by atoms with E-state index in [0.29, 0.717) is 19.3 Å². The maximum absolute atomic E-state index is 12.9. The van der Waals surface area contributed by atoms with Gasteiger partial charge in [0.2, 0.25) is 0 Å². The van der Waals surface area contributed by atoms with Gasteiger partial charge in [-0.05, 0) is 77.0 Å². The molecule has 1 atom stereocenters. The Bertz CT molecular complexity index is 1380. The van der Waals surface area contributed by atoms with Gasteiger partial charge in [0.15, 0.2) is 6.10 Å². The van der Waals surface area contributed by atoms with Crippen molar-refractivity contribution >= 4 is 17.9 Å². The fourth-order valence-electron chi connectivity index (χ4n) is 7.92. The van der Waals surface area contributed by atoms with Gasteiger partial charge in [0.25, 0.3) is 0 Å². The minimum Gasteiger partial charge on any atom is -0.462 e. The number of unbranched alkanes of at least 4 members (excludes halogenated alkanes) is 27. The molecule has 0 aliphatic rings. The summed E-state index contributed by atoms with van der Waals surface area (Å²) in [5.41, 5.74) is 0. The first-order chi connectivity index (χ1) is 34.0. The third-order valence-electron chi connectivity index (χ3n) is 12.2. The van der Waals surface area contributed by atoms with E-state index in [0.717, 1.165) is 109 Å². The van der Waals surface area contributed by atoms with Crippen LogP contribution in [0.2, 0.25) is 0 Å². The molecule has 0 radical (unpaired) electrons. The van der Waals surface area contributed by atoms with Crippen molar-refractivity contribution in [3.8, 4) is 0 Å². The summed E-state index contributed by atoms with van der Waals surface area (Å²) >= 11 is 0. The predicted octanol–water partition coefficient (Wildman–Crippen LogP) is 19.3. The maximum atomic E-state index is 12.9. The highest BCUT2D eigenvalue weighted by molar-refractivity contribution is 5.71. The molecule has 0 N–H and O–H groups in total. The maximum Gasteiger partial charge on any atom is 0.306 e. The molecule has 0 saturated carbocycles. The van der Waals surface area contributed by atoms with E-state index in [2.05, 4.69) is 87.6 Å². The molecule has 0 fully saturated rings. The van der Waals surface area contributed by atoms with Gasteiger partial charge >= 0.3 is 17.9 Å². The zero-order valence-electron chi connectivity index (χ0n) is 45.0. The van der Waals surface area contributed by atoms with Crippen molar-refractivity contribution in [1.29, 1.82) is 0 Å². The third kappa shape index (κ3) is 55.1. The van der Waals surface area contributed by atoms with Crippen molar-refractivity contribution < 1.29 is 28.6 Å². The van der Waals surface area contributed by atoms with Gasteiger partial charge in [0.05, 0.1) is 0 Å². The average Bonchev–Trinajstić information content (AvgIpc) is 3.35. The number of hydrogen-bond donors (Lipinski definition) is 0. The second-order valence-corrected chi connectivity index (χ2v) is 18.9. The first-order valence-electron chi connectivity index (χ1n) is 28.8. The van der Waals surface area contributed by atoms with Crippen LogP contribution in [-0.2, 0) is 28.6 Å². The molecule has 0 aromatic carbocycles. The molecule has 0 aliphatic carbocycles. The Kier molecular flexibility index (Phi) is 53.9. The monoisotopic (exact) mass is 959 g/mol. The SMILES string of the molecule is CC\C=C/C=C\C=C/C=C\CCCCCC(=O)OCC(COC(=O)CCCCCCCC/C=C\C/C=C\C/C=C\C/C=C\CC)OC(=O)CCCCCCCCCCCCCCCCCCCCC. The summed E-state index contributed by atoms with van der Waals surface area (Å²) in [6.07, 6.45) is 75.4. The number of carbonyl (C=O) groups is 3. The molecule has 0 aliphatic heterocycles. The molecule has 394 valence electrons. The minimum atomic E-state index is -0.799. The van der Waals surface area contributed by atoms with Gasteiger partial charge in [-0.25, -0.2) is 0 Å². The molecular weight excluding hydrogens is 853 g/mol. The quantitative estimate of drug-likeness (QED) is 0.0199. The van der Waals surface area contributed by atoms with Gasteiger partial charge in [0.1, 0.15) is 13.2 Å². The van der Waals surface area contributed by atoms with Gasteiger partial charge in [-0.3, -0.25) is 14.4 Å². The second-order valence-electron chi connectivity index (χ2n) is 18.9. The van der Waals surface area contributed by atoms with E-state index >= 15 is 0 Å². The van der Waals surface area contributed by atoms with Crippen LogP contribution in [0.5, 0.6) is 0 Å². The molecule has 1 unspecified atom stereocenters. The van der Waals surface area contributed by atoms with Gasteiger partial charge in [-0.2, -0.15) is 0 Å². The summed E-state index contributed by atoms with van der Waals surface area (Å²) in [4.78, 5) is 38.1. The molecule has 69 heavy (non-hydrogen) atoms. The molecule has 0 saturated heterocycles. The summed E-state index contributed by atoms with van der Waals surface area (Å²) < 4.78 is 16.8.